The van der Waals surface area contributed by atoms with E-state index in [1.54, 1.807) is 0 Å². The highest BCUT2D eigenvalue weighted by Crippen LogP contribution is 2.30. The zero-order valence-electron chi connectivity index (χ0n) is 4.71. The van der Waals surface area contributed by atoms with Gasteiger partial charge in [0.15, 0.2) is 0 Å². The van der Waals surface area contributed by atoms with Crippen LogP contribution in [0, 0.1) is 5.92 Å². The molecule has 0 aromatic heterocycles. The predicted octanol–water partition coefficient (Wildman–Crippen LogP) is 4.12. The maximum absolute atomic E-state index is 2.39. The minimum atomic E-state index is 0.694. The summed E-state index contributed by atoms with van der Waals surface area (Å²) in [6, 6.07) is 0. The summed E-state index contributed by atoms with van der Waals surface area (Å²) in [4.78, 5) is 0. The third kappa shape index (κ3) is 3.86. The monoisotopic (exact) mass is 448 g/mol. The summed E-state index contributed by atoms with van der Waals surface area (Å²) in [7, 11) is 0. The van der Waals surface area contributed by atoms with Gasteiger partial charge in [-0.1, -0.05) is 13.8 Å². The molecule has 0 radical (unpaired) electrons. The largest absolute Gasteiger partial charge is 0.0609 e. The quantitative estimate of drug-likeness (QED) is 0.531. The molecule has 0 saturated carbocycles. The van der Waals surface area contributed by atoms with Gasteiger partial charge in [0.05, 0.1) is 1.59 Å². The molecule has 0 unspecified atom stereocenters. The average molecular weight is 448 g/mol. The van der Waals surface area contributed by atoms with Crippen LogP contribution in [-0.4, -0.2) is 0 Å². The second-order valence-electron chi connectivity index (χ2n) is 1.76. The smallest absolute Gasteiger partial charge is 0.0582 e. The van der Waals surface area contributed by atoms with Gasteiger partial charge < -0.3 is 0 Å². The molecule has 0 amide bonds. The number of allylic oxidation sites excluding steroid dienone is 1. The first kappa shape index (κ1) is 9.93. The fraction of sp³-hybridized carbons (Fsp3) is 0.600. The molecule has 0 aliphatic rings. The van der Waals surface area contributed by atoms with Crippen LogP contribution in [0.3, 0.4) is 0 Å². The summed E-state index contributed by atoms with van der Waals surface area (Å²) < 4.78 is 2.85. The zero-order valence-corrected chi connectivity index (χ0v) is 11.2. The Kier molecular flexibility index (Phi) is 5.83. The lowest BCUT2D eigenvalue weighted by Gasteiger charge is -2.01. The molecule has 0 aromatic rings. The first-order valence-electron chi connectivity index (χ1n) is 2.26. The van der Waals surface area contributed by atoms with Gasteiger partial charge in [-0.3, -0.25) is 0 Å². The highest BCUT2D eigenvalue weighted by molar-refractivity contribution is 14.2. The Bertz CT molecular complexity index is 100. The van der Waals surface area contributed by atoms with E-state index < -0.39 is 0 Å². The molecule has 48 valence electrons. The number of hydrogen-bond donors (Lipinski definition) is 0. The van der Waals surface area contributed by atoms with Crippen molar-refractivity contribution < 1.29 is 0 Å². The number of hydrogen-bond acceptors (Lipinski definition) is 0. The molecular weight excluding hydrogens is 441 g/mol. The van der Waals surface area contributed by atoms with Gasteiger partial charge in [0.2, 0.25) is 0 Å². The molecule has 8 heavy (non-hydrogen) atoms. The van der Waals surface area contributed by atoms with E-state index in [-0.39, 0.29) is 0 Å². The zero-order chi connectivity index (χ0) is 6.73. The molecule has 0 N–H and O–H groups in total. The van der Waals surface area contributed by atoms with Gasteiger partial charge in [-0.2, -0.15) is 0 Å². The second kappa shape index (κ2) is 4.70. The Hall–Kier alpha value is 1.93. The molecule has 0 nitrogen and oxygen atoms in total. The van der Waals surface area contributed by atoms with E-state index in [2.05, 4.69) is 81.6 Å². The van der Waals surface area contributed by atoms with Crippen molar-refractivity contribution in [2.24, 2.45) is 5.92 Å². The van der Waals surface area contributed by atoms with E-state index >= 15 is 0 Å². The molecule has 0 bridgehead atoms. The molecule has 0 aliphatic heterocycles. The van der Waals surface area contributed by atoms with Crippen molar-refractivity contribution in [3.05, 3.63) is 5.17 Å². The molecule has 0 aromatic carbocycles. The minimum absolute atomic E-state index is 0.694. The molecule has 0 spiro atoms. The van der Waals surface area contributed by atoms with Crippen LogP contribution in [0.5, 0.6) is 0 Å². The fourth-order valence-corrected chi connectivity index (χ4v) is 1.46. The Balaban J connectivity index is 4.00. The Labute approximate surface area is 91.3 Å². The SMILES string of the molecule is CC(C)C(I)=C(I)I. The maximum Gasteiger partial charge on any atom is 0.0609 e. The molecular formula is C5H7I3. The van der Waals surface area contributed by atoms with Crippen LogP contribution in [0.15, 0.2) is 5.17 Å². The topological polar surface area (TPSA) is 0 Å². The van der Waals surface area contributed by atoms with Crippen LogP contribution in [0.2, 0.25) is 0 Å². The number of halogens is 3. The van der Waals surface area contributed by atoms with E-state index in [4.69, 9.17) is 0 Å². The van der Waals surface area contributed by atoms with Crippen LogP contribution >= 0.6 is 67.8 Å². The van der Waals surface area contributed by atoms with Crippen molar-refractivity contribution >= 4 is 67.8 Å². The number of rotatable bonds is 1. The van der Waals surface area contributed by atoms with Crippen molar-refractivity contribution in [2.75, 3.05) is 0 Å². The standard InChI is InChI=1S/C5H7I3/c1-3(2)4(6)5(7)8/h3H,1-2H3. The van der Waals surface area contributed by atoms with Crippen molar-refractivity contribution in [3.8, 4) is 0 Å². The molecule has 0 saturated heterocycles. The van der Waals surface area contributed by atoms with Gasteiger partial charge in [0.25, 0.3) is 0 Å². The normalized spacial score (nSPS) is 9.75. The van der Waals surface area contributed by atoms with E-state index in [0.29, 0.717) is 5.92 Å². The fourth-order valence-electron chi connectivity index (χ4n) is 0.218. The Morgan fingerprint density at radius 3 is 1.50 bits per heavy atom. The van der Waals surface area contributed by atoms with Gasteiger partial charge in [-0.05, 0) is 73.7 Å². The van der Waals surface area contributed by atoms with Gasteiger partial charge in [-0.25, -0.2) is 0 Å². The van der Waals surface area contributed by atoms with Gasteiger partial charge in [0.1, 0.15) is 0 Å². The first-order valence-corrected chi connectivity index (χ1v) is 5.50. The van der Waals surface area contributed by atoms with Crippen molar-refractivity contribution in [3.63, 3.8) is 0 Å². The van der Waals surface area contributed by atoms with E-state index in [1.165, 1.54) is 5.17 Å². The second-order valence-corrected chi connectivity index (χ2v) is 7.15. The van der Waals surface area contributed by atoms with Gasteiger partial charge in [0, 0.05) is 3.58 Å². The summed E-state index contributed by atoms with van der Waals surface area (Å²) in [6.07, 6.45) is 0. The van der Waals surface area contributed by atoms with E-state index in [9.17, 15) is 0 Å². The lowest BCUT2D eigenvalue weighted by Crippen LogP contribution is -1.83. The molecule has 0 heterocycles. The third-order valence-corrected chi connectivity index (χ3v) is 5.70. The lowest BCUT2D eigenvalue weighted by atomic mass is 10.2. The summed E-state index contributed by atoms with van der Waals surface area (Å²) in [5, 5.41) is 0. The van der Waals surface area contributed by atoms with Gasteiger partial charge in [-0.15, -0.1) is 0 Å². The maximum atomic E-state index is 2.39. The molecule has 0 fully saturated rings. The van der Waals surface area contributed by atoms with Crippen LogP contribution in [0.25, 0.3) is 0 Å². The molecule has 0 atom stereocenters. The lowest BCUT2D eigenvalue weighted by molar-refractivity contribution is 0.827. The highest BCUT2D eigenvalue weighted by Gasteiger charge is 2.00. The minimum Gasteiger partial charge on any atom is -0.0582 e. The van der Waals surface area contributed by atoms with Crippen molar-refractivity contribution in [1.29, 1.82) is 0 Å². The summed E-state index contributed by atoms with van der Waals surface area (Å²) in [5.41, 5.74) is 0. The van der Waals surface area contributed by atoms with Crippen molar-refractivity contribution in [1.82, 2.24) is 0 Å². The van der Waals surface area contributed by atoms with Crippen molar-refractivity contribution in [2.45, 2.75) is 13.8 Å². The molecule has 0 aliphatic carbocycles. The van der Waals surface area contributed by atoms with Gasteiger partial charge >= 0.3 is 0 Å². The summed E-state index contributed by atoms with van der Waals surface area (Å²) in [6.45, 7) is 4.41. The summed E-state index contributed by atoms with van der Waals surface area (Å²) >= 11 is 7.07. The molecule has 0 rings (SSSR count). The Morgan fingerprint density at radius 2 is 1.50 bits per heavy atom. The van der Waals surface area contributed by atoms with Crippen LogP contribution in [-0.2, 0) is 0 Å². The first-order chi connectivity index (χ1) is 3.55. The average Bonchev–Trinajstić information content (AvgIpc) is 1.64. The Morgan fingerprint density at radius 1 is 1.12 bits per heavy atom. The third-order valence-electron chi connectivity index (χ3n) is 0.687. The molecule has 3 heteroatoms. The highest BCUT2D eigenvalue weighted by atomic mass is 127. The van der Waals surface area contributed by atoms with E-state index in [0.717, 1.165) is 0 Å². The predicted molar refractivity (Wildman–Crippen MR) is 63.9 cm³/mol. The van der Waals surface area contributed by atoms with Crippen LogP contribution in [0.4, 0.5) is 0 Å². The summed E-state index contributed by atoms with van der Waals surface area (Å²) in [5.74, 6) is 0.694. The van der Waals surface area contributed by atoms with E-state index in [1.807, 2.05) is 0 Å². The van der Waals surface area contributed by atoms with Crippen LogP contribution < -0.4 is 0 Å². The van der Waals surface area contributed by atoms with Crippen LogP contribution in [0.1, 0.15) is 13.8 Å².